The van der Waals surface area contributed by atoms with E-state index >= 15 is 0 Å². The molecule has 0 bridgehead atoms. The maximum Gasteiger partial charge on any atom is 0.416 e. The van der Waals surface area contributed by atoms with Crippen LogP contribution < -0.4 is 13.8 Å². The Morgan fingerprint density at radius 3 is 2.34 bits per heavy atom. The van der Waals surface area contributed by atoms with Crippen molar-refractivity contribution in [3.05, 3.63) is 72.3 Å². The van der Waals surface area contributed by atoms with Crippen LogP contribution in [0.4, 0.5) is 18.9 Å². The number of alkyl halides is 3. The molecule has 0 aliphatic carbocycles. The highest BCUT2D eigenvalue weighted by molar-refractivity contribution is 7.92. The van der Waals surface area contributed by atoms with Gasteiger partial charge in [0.15, 0.2) is 0 Å². The maximum absolute atomic E-state index is 13.3. The zero-order valence-corrected chi connectivity index (χ0v) is 21.8. The molecule has 0 amide bonds. The van der Waals surface area contributed by atoms with Crippen LogP contribution in [-0.2, 0) is 21.0 Å². The summed E-state index contributed by atoms with van der Waals surface area (Å²) in [5.41, 5.74) is 0.773. The highest BCUT2D eigenvalue weighted by Crippen LogP contribution is 2.40. The van der Waals surface area contributed by atoms with E-state index in [1.807, 2.05) is 38.1 Å². The van der Waals surface area contributed by atoms with Gasteiger partial charge in [0.2, 0.25) is 0 Å². The Morgan fingerprint density at radius 2 is 1.71 bits per heavy atom. The number of sulfonamides is 1. The van der Waals surface area contributed by atoms with Gasteiger partial charge in [0, 0.05) is 6.42 Å². The summed E-state index contributed by atoms with van der Waals surface area (Å²) in [4.78, 5) is 8.94. The van der Waals surface area contributed by atoms with E-state index in [1.165, 1.54) is 0 Å². The maximum atomic E-state index is 13.3. The standard InChI is InChI=1S/C24H22F3NO4S.C3H6O2/c1-16(2)32-20-7-3-5-17(13-20)18-9-10-23-22(14-18)28(11-12-31-23)33(29,30)21-8-4-6-19(15-21)24(25,26)27;1-2-3(4)5/h3-10,13-16H,11-12H2,1-2H3;2H2,1H3,(H,4,5). The lowest BCUT2D eigenvalue weighted by Gasteiger charge is -2.31. The number of benzene rings is 3. The number of rotatable bonds is 6. The van der Waals surface area contributed by atoms with Crippen molar-refractivity contribution in [2.45, 2.75) is 44.4 Å². The van der Waals surface area contributed by atoms with Gasteiger partial charge in [-0.15, -0.1) is 0 Å². The first-order chi connectivity index (χ1) is 17.8. The van der Waals surface area contributed by atoms with E-state index in [0.29, 0.717) is 17.6 Å². The Hall–Kier alpha value is -3.73. The monoisotopic (exact) mass is 551 g/mol. The third-order valence-corrected chi connectivity index (χ3v) is 7.18. The molecule has 4 rings (SSSR count). The number of hydrogen-bond donors (Lipinski definition) is 1. The average Bonchev–Trinajstić information content (AvgIpc) is 2.87. The second kappa shape index (κ2) is 11.8. The summed E-state index contributed by atoms with van der Waals surface area (Å²) in [6, 6.07) is 16.2. The normalized spacial score (nSPS) is 13.2. The summed E-state index contributed by atoms with van der Waals surface area (Å²) in [6.07, 6.45) is -4.43. The molecule has 0 atom stereocenters. The minimum atomic E-state index is -4.65. The van der Waals surface area contributed by atoms with E-state index in [4.69, 9.17) is 14.6 Å². The molecule has 0 aromatic heterocycles. The number of aliphatic carboxylic acids is 1. The zero-order chi connectivity index (χ0) is 28.1. The van der Waals surface area contributed by atoms with Gasteiger partial charge in [-0.05, 0) is 67.4 Å². The van der Waals surface area contributed by atoms with Crippen LogP contribution in [0.1, 0.15) is 32.8 Å². The number of carboxylic acids is 1. The van der Waals surface area contributed by atoms with E-state index in [-0.39, 0.29) is 31.4 Å². The van der Waals surface area contributed by atoms with E-state index in [1.54, 1.807) is 25.1 Å². The number of carbonyl (C=O) groups is 1. The van der Waals surface area contributed by atoms with Gasteiger partial charge < -0.3 is 14.6 Å². The van der Waals surface area contributed by atoms with Crippen molar-refractivity contribution < 1.29 is 41.0 Å². The van der Waals surface area contributed by atoms with Crippen LogP contribution in [-0.4, -0.2) is 38.7 Å². The van der Waals surface area contributed by atoms with Gasteiger partial charge in [0.1, 0.15) is 18.1 Å². The minimum Gasteiger partial charge on any atom is -0.491 e. The fourth-order valence-electron chi connectivity index (χ4n) is 3.60. The van der Waals surface area contributed by atoms with E-state index in [9.17, 15) is 26.4 Å². The molecule has 1 aliphatic rings. The summed E-state index contributed by atoms with van der Waals surface area (Å²) >= 11 is 0. The molecule has 38 heavy (non-hydrogen) atoms. The van der Waals surface area contributed by atoms with Crippen molar-refractivity contribution in [3.63, 3.8) is 0 Å². The summed E-state index contributed by atoms with van der Waals surface area (Å²) < 4.78 is 78.6. The Balaban J connectivity index is 0.000000732. The molecule has 0 spiro atoms. The summed E-state index contributed by atoms with van der Waals surface area (Å²) in [6.45, 7) is 5.50. The van der Waals surface area contributed by atoms with Crippen LogP contribution in [0.3, 0.4) is 0 Å². The Kier molecular flexibility index (Phi) is 8.93. The molecular formula is C27H28F3NO6S. The second-order valence-electron chi connectivity index (χ2n) is 8.58. The molecule has 0 fully saturated rings. The Bertz CT molecular complexity index is 1390. The predicted molar refractivity (Wildman–Crippen MR) is 137 cm³/mol. The van der Waals surface area contributed by atoms with Crippen molar-refractivity contribution in [2.24, 2.45) is 0 Å². The third kappa shape index (κ3) is 6.97. The summed E-state index contributed by atoms with van der Waals surface area (Å²) in [5.74, 6) is 0.269. The molecule has 0 unspecified atom stereocenters. The summed E-state index contributed by atoms with van der Waals surface area (Å²) in [5, 5.41) is 7.72. The number of nitrogens with zero attached hydrogens (tertiary/aromatic N) is 1. The van der Waals surface area contributed by atoms with Crippen LogP contribution in [0, 0.1) is 0 Å². The second-order valence-corrected chi connectivity index (χ2v) is 10.4. The number of halogens is 3. The Labute approximate surface area is 219 Å². The number of hydrogen-bond acceptors (Lipinski definition) is 5. The zero-order valence-electron chi connectivity index (χ0n) is 21.0. The topological polar surface area (TPSA) is 93.1 Å². The van der Waals surface area contributed by atoms with Gasteiger partial charge in [-0.2, -0.15) is 13.2 Å². The van der Waals surface area contributed by atoms with Gasteiger partial charge >= 0.3 is 12.1 Å². The van der Waals surface area contributed by atoms with E-state index in [2.05, 4.69) is 0 Å². The highest BCUT2D eigenvalue weighted by atomic mass is 32.2. The van der Waals surface area contributed by atoms with Crippen LogP contribution in [0.5, 0.6) is 11.5 Å². The molecule has 0 radical (unpaired) electrons. The highest BCUT2D eigenvalue weighted by Gasteiger charge is 2.34. The van der Waals surface area contributed by atoms with Gasteiger partial charge in [-0.25, -0.2) is 8.42 Å². The van der Waals surface area contributed by atoms with Crippen LogP contribution in [0.25, 0.3) is 11.1 Å². The quantitative estimate of drug-likeness (QED) is 0.391. The molecule has 3 aromatic carbocycles. The smallest absolute Gasteiger partial charge is 0.416 e. The largest absolute Gasteiger partial charge is 0.491 e. The van der Waals surface area contributed by atoms with E-state index < -0.39 is 32.6 Å². The molecule has 1 aliphatic heterocycles. The average molecular weight is 552 g/mol. The van der Waals surface area contributed by atoms with Crippen LogP contribution >= 0.6 is 0 Å². The lowest BCUT2D eigenvalue weighted by atomic mass is 10.0. The third-order valence-electron chi connectivity index (χ3n) is 5.37. The summed E-state index contributed by atoms with van der Waals surface area (Å²) in [7, 11) is -4.25. The molecule has 1 heterocycles. The number of carboxylic acid groups (broad SMARTS) is 1. The van der Waals surface area contributed by atoms with Crippen molar-refractivity contribution in [3.8, 4) is 22.6 Å². The lowest BCUT2D eigenvalue weighted by molar-refractivity contribution is -0.138. The Morgan fingerprint density at radius 1 is 1.05 bits per heavy atom. The molecule has 3 aromatic rings. The number of anilines is 1. The fourth-order valence-corrected chi connectivity index (χ4v) is 5.10. The molecule has 0 saturated heterocycles. The van der Waals surface area contributed by atoms with Gasteiger partial charge in [0.05, 0.1) is 28.8 Å². The first-order valence-corrected chi connectivity index (χ1v) is 13.2. The molecular weight excluding hydrogens is 523 g/mol. The van der Waals surface area contributed by atoms with Crippen molar-refractivity contribution in [2.75, 3.05) is 17.5 Å². The molecule has 204 valence electrons. The van der Waals surface area contributed by atoms with Gasteiger partial charge in [0.25, 0.3) is 10.0 Å². The fraction of sp³-hybridized carbons (Fsp3) is 0.296. The first-order valence-electron chi connectivity index (χ1n) is 11.8. The first kappa shape index (κ1) is 28.8. The number of fused-ring (bicyclic) bond motifs is 1. The van der Waals surface area contributed by atoms with Crippen molar-refractivity contribution in [1.82, 2.24) is 0 Å². The molecule has 7 nitrogen and oxygen atoms in total. The minimum absolute atomic E-state index is 0.00900. The SMILES string of the molecule is CC(C)Oc1cccc(-c2ccc3c(c2)N(S(=O)(=O)c2cccc(C(F)(F)F)c2)CCO3)c1.CCC(=O)O. The van der Waals surface area contributed by atoms with Gasteiger partial charge in [-0.3, -0.25) is 9.10 Å². The molecule has 1 N–H and O–H groups in total. The van der Waals surface area contributed by atoms with Crippen molar-refractivity contribution in [1.29, 1.82) is 0 Å². The van der Waals surface area contributed by atoms with E-state index in [0.717, 1.165) is 33.6 Å². The predicted octanol–water partition coefficient (Wildman–Crippen LogP) is 6.23. The molecule has 0 saturated carbocycles. The van der Waals surface area contributed by atoms with Gasteiger partial charge in [-0.1, -0.05) is 31.2 Å². The van der Waals surface area contributed by atoms with Crippen molar-refractivity contribution >= 4 is 21.7 Å². The molecule has 11 heteroatoms. The number of ether oxygens (including phenoxy) is 2. The van der Waals surface area contributed by atoms with Crippen LogP contribution in [0.15, 0.2) is 71.6 Å². The van der Waals surface area contributed by atoms with Crippen LogP contribution in [0.2, 0.25) is 0 Å². The lowest BCUT2D eigenvalue weighted by Crippen LogP contribution is -2.38.